The lowest BCUT2D eigenvalue weighted by molar-refractivity contribution is -0.384. The molecule has 0 saturated carbocycles. The van der Waals surface area contributed by atoms with Crippen molar-refractivity contribution in [2.24, 2.45) is 0 Å². The van der Waals surface area contributed by atoms with Crippen LogP contribution in [0.5, 0.6) is 0 Å². The summed E-state index contributed by atoms with van der Waals surface area (Å²) in [5, 5.41) is 16.0. The number of non-ortho nitro benzene ring substituents is 1. The average molecular weight is 397 g/mol. The summed E-state index contributed by atoms with van der Waals surface area (Å²) in [6.07, 6.45) is 2.00. The molecule has 2 aromatic carbocycles. The normalized spacial score (nSPS) is 13.1. The second kappa shape index (κ2) is 8.59. The predicted octanol–water partition coefficient (Wildman–Crippen LogP) is 3.54. The van der Waals surface area contributed by atoms with Crippen molar-refractivity contribution >= 4 is 34.7 Å². The highest BCUT2D eigenvalue weighted by Gasteiger charge is 2.23. The van der Waals surface area contributed by atoms with E-state index in [9.17, 15) is 19.7 Å². The minimum absolute atomic E-state index is 0.0503. The summed E-state index contributed by atoms with van der Waals surface area (Å²) in [6.45, 7) is 1.48. The van der Waals surface area contributed by atoms with Crippen LogP contribution in [-0.4, -0.2) is 48.9 Å². The third kappa shape index (κ3) is 4.81. The number of anilines is 3. The van der Waals surface area contributed by atoms with E-state index in [-0.39, 0.29) is 11.6 Å². The molecule has 0 spiro atoms. The molecular formula is C20H23N5O4. The van der Waals surface area contributed by atoms with E-state index in [4.69, 9.17) is 0 Å². The van der Waals surface area contributed by atoms with Crippen molar-refractivity contribution < 1.29 is 14.5 Å². The lowest BCUT2D eigenvalue weighted by Gasteiger charge is -2.22. The number of nitrogens with zero attached hydrogens (tertiary/aromatic N) is 3. The minimum atomic E-state index is -0.505. The molecule has 1 aliphatic heterocycles. The molecule has 1 aliphatic rings. The second-order valence-electron chi connectivity index (χ2n) is 7.01. The zero-order valence-electron chi connectivity index (χ0n) is 16.3. The number of likely N-dealkylation sites (tertiary alicyclic amines) is 1. The summed E-state index contributed by atoms with van der Waals surface area (Å²) in [4.78, 5) is 39.1. The Bertz CT molecular complexity index is 921. The fraction of sp³-hybridized carbons (Fsp3) is 0.300. The maximum Gasteiger partial charge on any atom is 0.323 e. The molecular weight excluding hydrogens is 374 g/mol. The molecule has 9 heteroatoms. The lowest BCUT2D eigenvalue weighted by Crippen LogP contribution is -2.29. The van der Waals surface area contributed by atoms with Gasteiger partial charge in [0.15, 0.2) is 0 Å². The first kappa shape index (κ1) is 20.1. The van der Waals surface area contributed by atoms with Crippen LogP contribution < -0.4 is 15.5 Å². The minimum Gasteiger partial charge on any atom is -0.377 e. The summed E-state index contributed by atoms with van der Waals surface area (Å²) >= 11 is 0. The van der Waals surface area contributed by atoms with Crippen molar-refractivity contribution in [2.75, 3.05) is 42.7 Å². The van der Waals surface area contributed by atoms with Gasteiger partial charge in [-0.25, -0.2) is 4.79 Å². The maximum absolute atomic E-state index is 12.9. The van der Waals surface area contributed by atoms with E-state index >= 15 is 0 Å². The number of nitrogens with one attached hydrogen (secondary N) is 2. The molecule has 152 valence electrons. The second-order valence-corrected chi connectivity index (χ2v) is 7.01. The monoisotopic (exact) mass is 397 g/mol. The van der Waals surface area contributed by atoms with Gasteiger partial charge in [0.25, 0.3) is 11.6 Å². The summed E-state index contributed by atoms with van der Waals surface area (Å²) < 4.78 is 0. The molecule has 0 unspecified atom stereocenters. The van der Waals surface area contributed by atoms with Gasteiger partial charge in [-0.3, -0.25) is 14.9 Å². The zero-order chi connectivity index (χ0) is 21.0. The Morgan fingerprint density at radius 2 is 1.59 bits per heavy atom. The number of nitro benzene ring substituents is 1. The third-order valence-electron chi connectivity index (χ3n) is 4.70. The van der Waals surface area contributed by atoms with Crippen LogP contribution in [0.15, 0.2) is 42.5 Å². The van der Waals surface area contributed by atoms with Crippen LogP contribution in [-0.2, 0) is 0 Å². The van der Waals surface area contributed by atoms with Crippen molar-refractivity contribution in [2.45, 2.75) is 12.8 Å². The number of carbonyl (C=O) groups is 2. The Labute approximate surface area is 168 Å². The SMILES string of the molecule is CN(C)c1ccc(NC(=O)Nc2ccc([N+](=O)[O-])cc2)cc1C(=O)N1CCCC1. The van der Waals surface area contributed by atoms with Gasteiger partial charge in [0.05, 0.1) is 10.5 Å². The predicted molar refractivity (Wildman–Crippen MR) is 112 cm³/mol. The van der Waals surface area contributed by atoms with Gasteiger partial charge >= 0.3 is 6.03 Å². The number of hydrogen-bond donors (Lipinski definition) is 2. The topological polar surface area (TPSA) is 108 Å². The maximum atomic E-state index is 12.9. The van der Waals surface area contributed by atoms with E-state index < -0.39 is 11.0 Å². The van der Waals surface area contributed by atoms with Crippen LogP contribution in [0.3, 0.4) is 0 Å². The average Bonchev–Trinajstić information content (AvgIpc) is 3.22. The van der Waals surface area contributed by atoms with Crippen LogP contribution >= 0.6 is 0 Å². The standard InChI is InChI=1S/C20H23N5O4/c1-23(2)18-10-7-15(13-17(18)19(26)24-11-3-4-12-24)22-20(27)21-14-5-8-16(9-6-14)25(28)29/h5-10,13H,3-4,11-12H2,1-2H3,(H2,21,22,27). The van der Waals surface area contributed by atoms with Crippen molar-refractivity contribution in [3.63, 3.8) is 0 Å². The zero-order valence-corrected chi connectivity index (χ0v) is 16.3. The number of hydrogen-bond acceptors (Lipinski definition) is 5. The number of rotatable bonds is 5. The van der Waals surface area contributed by atoms with E-state index in [0.29, 0.717) is 16.9 Å². The van der Waals surface area contributed by atoms with Gasteiger partial charge in [-0.1, -0.05) is 0 Å². The smallest absolute Gasteiger partial charge is 0.323 e. The molecule has 1 saturated heterocycles. The Hall–Kier alpha value is -3.62. The third-order valence-corrected chi connectivity index (χ3v) is 4.70. The largest absolute Gasteiger partial charge is 0.377 e. The summed E-state index contributed by atoms with van der Waals surface area (Å²) in [5.41, 5.74) is 2.16. The van der Waals surface area contributed by atoms with Gasteiger partial charge in [-0.2, -0.15) is 0 Å². The highest BCUT2D eigenvalue weighted by atomic mass is 16.6. The number of nitro groups is 1. The molecule has 2 N–H and O–H groups in total. The van der Waals surface area contributed by atoms with E-state index in [2.05, 4.69) is 10.6 Å². The number of urea groups is 1. The quantitative estimate of drug-likeness (QED) is 0.593. The highest BCUT2D eigenvalue weighted by Crippen LogP contribution is 2.26. The van der Waals surface area contributed by atoms with E-state index in [0.717, 1.165) is 31.6 Å². The molecule has 9 nitrogen and oxygen atoms in total. The number of amides is 3. The van der Waals surface area contributed by atoms with E-state index in [1.165, 1.54) is 24.3 Å². The van der Waals surface area contributed by atoms with Crippen LogP contribution in [0.25, 0.3) is 0 Å². The first-order chi connectivity index (χ1) is 13.8. The Morgan fingerprint density at radius 3 is 2.17 bits per heavy atom. The molecule has 0 bridgehead atoms. The Balaban J connectivity index is 1.74. The fourth-order valence-electron chi connectivity index (χ4n) is 3.23. The van der Waals surface area contributed by atoms with E-state index in [1.807, 2.05) is 23.9 Å². The van der Waals surface area contributed by atoms with Crippen LogP contribution in [0.2, 0.25) is 0 Å². The highest BCUT2D eigenvalue weighted by molar-refractivity contribution is 6.04. The molecule has 29 heavy (non-hydrogen) atoms. The lowest BCUT2D eigenvalue weighted by atomic mass is 10.1. The first-order valence-corrected chi connectivity index (χ1v) is 9.28. The van der Waals surface area contributed by atoms with Gasteiger partial charge < -0.3 is 20.4 Å². The van der Waals surface area contributed by atoms with Gasteiger partial charge in [0.2, 0.25) is 0 Å². The molecule has 3 rings (SSSR count). The van der Waals surface area contributed by atoms with Crippen molar-refractivity contribution in [3.05, 3.63) is 58.1 Å². The van der Waals surface area contributed by atoms with Gasteiger partial charge in [-0.15, -0.1) is 0 Å². The van der Waals surface area contributed by atoms with Gasteiger partial charge in [0, 0.05) is 56.4 Å². The summed E-state index contributed by atoms with van der Waals surface area (Å²) in [5.74, 6) is -0.0503. The van der Waals surface area contributed by atoms with Gasteiger partial charge in [-0.05, 0) is 43.2 Å². The molecule has 3 amide bonds. The number of benzene rings is 2. The van der Waals surface area contributed by atoms with E-state index in [1.54, 1.807) is 18.2 Å². The molecule has 0 radical (unpaired) electrons. The molecule has 2 aromatic rings. The van der Waals surface area contributed by atoms with Crippen molar-refractivity contribution in [3.8, 4) is 0 Å². The fourth-order valence-corrected chi connectivity index (χ4v) is 3.23. The molecule has 0 aliphatic carbocycles. The summed E-state index contributed by atoms with van der Waals surface area (Å²) in [6, 6.07) is 10.2. The summed E-state index contributed by atoms with van der Waals surface area (Å²) in [7, 11) is 3.73. The van der Waals surface area contributed by atoms with Crippen molar-refractivity contribution in [1.29, 1.82) is 0 Å². The molecule has 0 aromatic heterocycles. The molecule has 1 fully saturated rings. The Kier molecular flexibility index (Phi) is 5.96. The molecule has 0 atom stereocenters. The molecule has 1 heterocycles. The van der Waals surface area contributed by atoms with Gasteiger partial charge in [0.1, 0.15) is 0 Å². The first-order valence-electron chi connectivity index (χ1n) is 9.28. The van der Waals surface area contributed by atoms with Crippen LogP contribution in [0.1, 0.15) is 23.2 Å². The Morgan fingerprint density at radius 1 is 1.00 bits per heavy atom. The van der Waals surface area contributed by atoms with Crippen LogP contribution in [0.4, 0.5) is 27.5 Å². The van der Waals surface area contributed by atoms with Crippen LogP contribution in [0, 0.1) is 10.1 Å². The number of carbonyl (C=O) groups excluding carboxylic acids is 2. The van der Waals surface area contributed by atoms with Crippen molar-refractivity contribution in [1.82, 2.24) is 4.90 Å².